The number of pyridine rings is 1. The topological polar surface area (TPSA) is 75.6 Å². The van der Waals surface area contributed by atoms with E-state index in [0.29, 0.717) is 6.54 Å². The minimum atomic E-state index is 0.0619. The number of ether oxygens (including phenoxy) is 2. The number of nitrogens with one attached hydrogen (secondary N) is 2. The van der Waals surface area contributed by atoms with Crippen LogP contribution < -0.4 is 20.1 Å². The number of methoxy groups -OCH3 is 2. The van der Waals surface area contributed by atoms with Crippen molar-refractivity contribution >= 4 is 11.5 Å². The summed E-state index contributed by atoms with van der Waals surface area (Å²) in [4.78, 5) is 4.36. The van der Waals surface area contributed by atoms with Gasteiger partial charge in [0.2, 0.25) is 0 Å². The quantitative estimate of drug-likeness (QED) is 0.568. The van der Waals surface area contributed by atoms with Gasteiger partial charge in [-0.1, -0.05) is 19.8 Å². The molecule has 142 valence electrons. The minimum Gasteiger partial charge on any atom is -0.497 e. The zero-order chi connectivity index (χ0) is 18.8. The monoisotopic (exact) mass is 359 g/mol. The normalized spacial score (nSPS) is 11.7. The van der Waals surface area contributed by atoms with Crippen molar-refractivity contribution in [1.29, 1.82) is 0 Å². The molecule has 6 heteroatoms. The highest BCUT2D eigenvalue weighted by Crippen LogP contribution is 2.25. The molecule has 26 heavy (non-hydrogen) atoms. The number of aromatic nitrogens is 1. The van der Waals surface area contributed by atoms with Crippen LogP contribution in [0.3, 0.4) is 0 Å². The Morgan fingerprint density at radius 1 is 1.15 bits per heavy atom. The Kier molecular flexibility index (Phi) is 8.02. The predicted molar refractivity (Wildman–Crippen MR) is 105 cm³/mol. The molecule has 6 nitrogen and oxygen atoms in total. The molecule has 0 bridgehead atoms. The van der Waals surface area contributed by atoms with E-state index in [1.807, 2.05) is 30.3 Å². The van der Waals surface area contributed by atoms with E-state index in [1.54, 1.807) is 20.4 Å². The molecule has 2 aromatic rings. The van der Waals surface area contributed by atoms with Crippen LogP contribution in [0.1, 0.15) is 31.7 Å². The van der Waals surface area contributed by atoms with Gasteiger partial charge in [0, 0.05) is 42.2 Å². The van der Waals surface area contributed by atoms with Crippen LogP contribution in [-0.4, -0.2) is 37.0 Å². The third kappa shape index (κ3) is 5.81. The van der Waals surface area contributed by atoms with Crippen LogP contribution in [0, 0.1) is 0 Å². The smallest absolute Gasteiger partial charge is 0.128 e. The standard InChI is InChI=1S/C20H29N3O3/c1-4-5-6-17(14-24)23-16-9-10-21-20(11-16)22-13-15-7-8-18(25-2)12-19(15)26-3/h7-12,17,24H,4-6,13-14H2,1-3H3,(H2,21,22,23). The van der Waals surface area contributed by atoms with Gasteiger partial charge in [0.1, 0.15) is 17.3 Å². The Labute approximate surface area is 155 Å². The minimum absolute atomic E-state index is 0.0619. The largest absolute Gasteiger partial charge is 0.497 e. The Balaban J connectivity index is 2.00. The molecule has 1 heterocycles. The van der Waals surface area contributed by atoms with Crippen LogP contribution in [0.4, 0.5) is 11.5 Å². The first-order valence-corrected chi connectivity index (χ1v) is 8.98. The molecule has 0 aliphatic heterocycles. The molecule has 0 aliphatic rings. The molecule has 2 rings (SSSR count). The van der Waals surface area contributed by atoms with E-state index in [0.717, 1.165) is 47.8 Å². The second-order valence-electron chi connectivity index (χ2n) is 6.13. The van der Waals surface area contributed by atoms with Crippen molar-refractivity contribution in [3.05, 3.63) is 42.1 Å². The number of hydrogen-bond acceptors (Lipinski definition) is 6. The van der Waals surface area contributed by atoms with Gasteiger partial charge in [-0.15, -0.1) is 0 Å². The maximum absolute atomic E-state index is 9.52. The Bertz CT molecular complexity index is 679. The number of rotatable bonds is 11. The molecule has 3 N–H and O–H groups in total. The van der Waals surface area contributed by atoms with Gasteiger partial charge in [-0.2, -0.15) is 0 Å². The third-order valence-electron chi connectivity index (χ3n) is 4.21. The highest BCUT2D eigenvalue weighted by atomic mass is 16.5. The fourth-order valence-corrected chi connectivity index (χ4v) is 2.70. The highest BCUT2D eigenvalue weighted by Gasteiger charge is 2.08. The van der Waals surface area contributed by atoms with Crippen LogP contribution in [0.5, 0.6) is 11.5 Å². The van der Waals surface area contributed by atoms with Gasteiger partial charge < -0.3 is 25.2 Å². The number of anilines is 2. The second-order valence-corrected chi connectivity index (χ2v) is 6.13. The molecule has 0 amide bonds. The van der Waals surface area contributed by atoms with Crippen LogP contribution in [-0.2, 0) is 6.54 Å². The summed E-state index contributed by atoms with van der Waals surface area (Å²) in [5.74, 6) is 2.29. The first-order valence-electron chi connectivity index (χ1n) is 8.98. The Hall–Kier alpha value is -2.47. The van der Waals surface area contributed by atoms with Gasteiger partial charge in [-0.3, -0.25) is 0 Å². The molecule has 0 spiro atoms. The highest BCUT2D eigenvalue weighted by molar-refractivity contribution is 5.53. The number of aliphatic hydroxyl groups excluding tert-OH is 1. The van der Waals surface area contributed by atoms with Crippen molar-refractivity contribution in [3.8, 4) is 11.5 Å². The fraction of sp³-hybridized carbons (Fsp3) is 0.450. The van der Waals surface area contributed by atoms with Crippen molar-refractivity contribution < 1.29 is 14.6 Å². The predicted octanol–water partition coefficient (Wildman–Crippen LogP) is 3.67. The van der Waals surface area contributed by atoms with Crippen LogP contribution in [0.15, 0.2) is 36.5 Å². The van der Waals surface area contributed by atoms with E-state index in [2.05, 4.69) is 22.5 Å². The molecule has 0 saturated heterocycles. The van der Waals surface area contributed by atoms with E-state index in [9.17, 15) is 5.11 Å². The molecule has 1 atom stereocenters. The van der Waals surface area contributed by atoms with Crippen molar-refractivity contribution in [1.82, 2.24) is 4.98 Å². The van der Waals surface area contributed by atoms with Crippen molar-refractivity contribution in [2.45, 2.75) is 38.8 Å². The lowest BCUT2D eigenvalue weighted by Gasteiger charge is -2.18. The van der Waals surface area contributed by atoms with E-state index >= 15 is 0 Å². The van der Waals surface area contributed by atoms with Gasteiger partial charge in [-0.05, 0) is 24.6 Å². The maximum atomic E-state index is 9.52. The molecule has 0 saturated carbocycles. The number of unbranched alkanes of at least 4 members (excludes halogenated alkanes) is 1. The maximum Gasteiger partial charge on any atom is 0.128 e. The van der Waals surface area contributed by atoms with Gasteiger partial charge in [0.15, 0.2) is 0 Å². The molecule has 1 aromatic carbocycles. The summed E-state index contributed by atoms with van der Waals surface area (Å²) in [6, 6.07) is 9.66. The van der Waals surface area contributed by atoms with E-state index in [1.165, 1.54) is 0 Å². The molecule has 0 fully saturated rings. The van der Waals surface area contributed by atoms with Gasteiger partial charge >= 0.3 is 0 Å². The third-order valence-corrected chi connectivity index (χ3v) is 4.21. The zero-order valence-corrected chi connectivity index (χ0v) is 15.8. The molecule has 1 aromatic heterocycles. The lowest BCUT2D eigenvalue weighted by atomic mass is 10.1. The fourth-order valence-electron chi connectivity index (χ4n) is 2.70. The summed E-state index contributed by atoms with van der Waals surface area (Å²) in [7, 11) is 3.28. The number of benzene rings is 1. The summed E-state index contributed by atoms with van der Waals surface area (Å²) in [5.41, 5.74) is 1.96. The van der Waals surface area contributed by atoms with Gasteiger partial charge in [-0.25, -0.2) is 4.98 Å². The summed E-state index contributed by atoms with van der Waals surface area (Å²) in [5, 5.41) is 16.2. The molecular weight excluding hydrogens is 330 g/mol. The molecule has 0 aliphatic carbocycles. The number of aliphatic hydroxyl groups is 1. The Morgan fingerprint density at radius 3 is 2.69 bits per heavy atom. The second kappa shape index (κ2) is 10.5. The first kappa shape index (κ1) is 19.8. The van der Waals surface area contributed by atoms with E-state index in [-0.39, 0.29) is 12.6 Å². The molecule has 0 radical (unpaired) electrons. The molecular formula is C20H29N3O3. The summed E-state index contributed by atoms with van der Waals surface area (Å²) in [6.45, 7) is 2.85. The summed E-state index contributed by atoms with van der Waals surface area (Å²) in [6.07, 6.45) is 4.90. The summed E-state index contributed by atoms with van der Waals surface area (Å²) >= 11 is 0. The average Bonchev–Trinajstić information content (AvgIpc) is 2.69. The zero-order valence-electron chi connectivity index (χ0n) is 15.8. The number of nitrogens with zero attached hydrogens (tertiary/aromatic N) is 1. The van der Waals surface area contributed by atoms with E-state index < -0.39 is 0 Å². The Morgan fingerprint density at radius 2 is 2.00 bits per heavy atom. The van der Waals surface area contributed by atoms with Crippen LogP contribution >= 0.6 is 0 Å². The van der Waals surface area contributed by atoms with Crippen molar-refractivity contribution in [2.24, 2.45) is 0 Å². The lowest BCUT2D eigenvalue weighted by Crippen LogP contribution is -2.23. The SMILES string of the molecule is CCCCC(CO)Nc1ccnc(NCc2ccc(OC)cc2OC)c1. The first-order chi connectivity index (χ1) is 12.7. The van der Waals surface area contributed by atoms with Gasteiger partial charge in [0.25, 0.3) is 0 Å². The van der Waals surface area contributed by atoms with Crippen molar-refractivity contribution in [3.63, 3.8) is 0 Å². The van der Waals surface area contributed by atoms with Crippen LogP contribution in [0.2, 0.25) is 0 Å². The summed E-state index contributed by atoms with van der Waals surface area (Å²) < 4.78 is 10.6. The van der Waals surface area contributed by atoms with E-state index in [4.69, 9.17) is 9.47 Å². The van der Waals surface area contributed by atoms with Crippen LogP contribution in [0.25, 0.3) is 0 Å². The number of hydrogen-bond donors (Lipinski definition) is 3. The van der Waals surface area contributed by atoms with Gasteiger partial charge in [0.05, 0.1) is 20.8 Å². The van der Waals surface area contributed by atoms with Crippen molar-refractivity contribution in [2.75, 3.05) is 31.5 Å². The average molecular weight is 359 g/mol. The lowest BCUT2D eigenvalue weighted by molar-refractivity contribution is 0.267. The molecule has 1 unspecified atom stereocenters.